The number of fused-ring (bicyclic) bond motifs is 1. The van der Waals surface area contributed by atoms with Crippen molar-refractivity contribution in [2.45, 2.75) is 12.5 Å². The predicted molar refractivity (Wildman–Crippen MR) is 63.0 cm³/mol. The number of aliphatic hydroxyl groups excluding tert-OH is 1. The van der Waals surface area contributed by atoms with Crippen LogP contribution in [0.5, 0.6) is 0 Å². The molecule has 0 saturated heterocycles. The van der Waals surface area contributed by atoms with Crippen LogP contribution in [0, 0.1) is 0 Å². The molecular weight excluding hydrogens is 204 g/mol. The second-order valence-corrected chi connectivity index (χ2v) is 3.77. The molecule has 0 aliphatic rings. The lowest BCUT2D eigenvalue weighted by Gasteiger charge is -2.13. The Morgan fingerprint density at radius 1 is 1.44 bits per heavy atom. The zero-order chi connectivity index (χ0) is 11.4. The lowest BCUT2D eigenvalue weighted by Crippen LogP contribution is -2.33. The van der Waals surface area contributed by atoms with Crippen LogP contribution in [0.15, 0.2) is 30.5 Å². The maximum atomic E-state index is 9.18. The van der Waals surface area contributed by atoms with Gasteiger partial charge in [0.25, 0.3) is 0 Å². The van der Waals surface area contributed by atoms with Gasteiger partial charge < -0.3 is 14.9 Å². The van der Waals surface area contributed by atoms with E-state index < -0.39 is 0 Å². The number of aromatic amines is 1. The number of benzene rings is 1. The molecule has 4 heteroatoms. The molecule has 0 amide bonds. The molecule has 1 aromatic heterocycles. The van der Waals surface area contributed by atoms with Crippen LogP contribution in [0.25, 0.3) is 10.9 Å². The van der Waals surface area contributed by atoms with Gasteiger partial charge in [0.15, 0.2) is 0 Å². The van der Waals surface area contributed by atoms with E-state index in [-0.39, 0.29) is 12.6 Å². The number of aromatic nitrogens is 1. The van der Waals surface area contributed by atoms with Crippen molar-refractivity contribution >= 4 is 10.9 Å². The number of rotatable bonds is 5. The summed E-state index contributed by atoms with van der Waals surface area (Å²) in [6, 6.07) is 8.04. The van der Waals surface area contributed by atoms with Gasteiger partial charge in [-0.15, -0.1) is 0 Å². The highest BCUT2D eigenvalue weighted by Crippen LogP contribution is 2.18. The SMILES string of the molecule is CON[C@@H](CO)Cc1c[nH]c2ccccc12. The summed E-state index contributed by atoms with van der Waals surface area (Å²) >= 11 is 0. The molecule has 0 bridgehead atoms. The van der Waals surface area contributed by atoms with Gasteiger partial charge in [-0.2, -0.15) is 5.48 Å². The van der Waals surface area contributed by atoms with Crippen molar-refractivity contribution in [1.29, 1.82) is 0 Å². The fourth-order valence-corrected chi connectivity index (χ4v) is 1.88. The smallest absolute Gasteiger partial charge is 0.0610 e. The summed E-state index contributed by atoms with van der Waals surface area (Å²) in [7, 11) is 1.55. The number of hydroxylamine groups is 1. The van der Waals surface area contributed by atoms with Crippen LogP contribution in [0.1, 0.15) is 5.56 Å². The van der Waals surface area contributed by atoms with Gasteiger partial charge in [-0.05, 0) is 18.1 Å². The first-order valence-corrected chi connectivity index (χ1v) is 5.29. The molecule has 86 valence electrons. The van der Waals surface area contributed by atoms with Crippen LogP contribution < -0.4 is 5.48 Å². The van der Waals surface area contributed by atoms with E-state index in [1.807, 2.05) is 24.4 Å². The van der Waals surface area contributed by atoms with Crippen molar-refractivity contribution in [2.24, 2.45) is 0 Å². The van der Waals surface area contributed by atoms with Crippen LogP contribution in [0.3, 0.4) is 0 Å². The van der Waals surface area contributed by atoms with E-state index in [1.165, 1.54) is 10.9 Å². The minimum Gasteiger partial charge on any atom is -0.395 e. The van der Waals surface area contributed by atoms with E-state index >= 15 is 0 Å². The molecule has 0 unspecified atom stereocenters. The van der Waals surface area contributed by atoms with Gasteiger partial charge in [0.05, 0.1) is 19.8 Å². The summed E-state index contributed by atoms with van der Waals surface area (Å²) in [6.45, 7) is 0.0490. The Balaban J connectivity index is 2.20. The van der Waals surface area contributed by atoms with E-state index in [4.69, 9.17) is 4.84 Å². The van der Waals surface area contributed by atoms with Crippen molar-refractivity contribution in [1.82, 2.24) is 10.5 Å². The van der Waals surface area contributed by atoms with Gasteiger partial charge in [0.2, 0.25) is 0 Å². The number of hydrogen-bond donors (Lipinski definition) is 3. The molecule has 1 heterocycles. The average molecular weight is 220 g/mol. The summed E-state index contributed by atoms with van der Waals surface area (Å²) < 4.78 is 0. The fourth-order valence-electron chi connectivity index (χ4n) is 1.88. The zero-order valence-corrected chi connectivity index (χ0v) is 9.23. The van der Waals surface area contributed by atoms with Crippen LogP contribution in [-0.2, 0) is 11.3 Å². The minimum absolute atomic E-state index is 0.0490. The molecule has 0 radical (unpaired) electrons. The lowest BCUT2D eigenvalue weighted by molar-refractivity contribution is 0.0404. The van der Waals surface area contributed by atoms with Gasteiger partial charge in [-0.25, -0.2) is 0 Å². The quantitative estimate of drug-likeness (QED) is 0.664. The molecule has 1 atom stereocenters. The molecule has 0 fully saturated rings. The molecule has 0 spiro atoms. The highest BCUT2D eigenvalue weighted by Gasteiger charge is 2.10. The standard InChI is InChI=1S/C12H16N2O2/c1-16-14-10(8-15)6-9-7-13-12-5-3-2-4-11(9)12/h2-5,7,10,13-15H,6,8H2,1H3/t10-/m1/s1. The van der Waals surface area contributed by atoms with E-state index in [2.05, 4.69) is 16.5 Å². The second-order valence-electron chi connectivity index (χ2n) is 3.77. The first-order valence-electron chi connectivity index (χ1n) is 5.29. The Labute approximate surface area is 94.2 Å². The van der Waals surface area contributed by atoms with Crippen LogP contribution in [0.4, 0.5) is 0 Å². The largest absolute Gasteiger partial charge is 0.395 e. The van der Waals surface area contributed by atoms with Crippen molar-refractivity contribution in [3.63, 3.8) is 0 Å². The third kappa shape index (κ3) is 2.24. The summed E-state index contributed by atoms with van der Waals surface area (Å²) in [5.74, 6) is 0. The van der Waals surface area contributed by atoms with E-state index in [0.717, 1.165) is 11.9 Å². The van der Waals surface area contributed by atoms with Crippen LogP contribution in [0.2, 0.25) is 0 Å². The topological polar surface area (TPSA) is 57.3 Å². The molecule has 16 heavy (non-hydrogen) atoms. The first kappa shape index (κ1) is 11.1. The summed E-state index contributed by atoms with van der Waals surface area (Å²) in [6.07, 6.45) is 2.71. The maximum absolute atomic E-state index is 9.18. The molecular formula is C12H16N2O2. The Morgan fingerprint density at radius 2 is 2.25 bits per heavy atom. The molecule has 4 nitrogen and oxygen atoms in total. The van der Waals surface area contributed by atoms with Crippen LogP contribution >= 0.6 is 0 Å². The van der Waals surface area contributed by atoms with E-state index in [0.29, 0.717) is 0 Å². The number of para-hydroxylation sites is 1. The molecule has 0 saturated carbocycles. The molecule has 2 aromatic rings. The Morgan fingerprint density at radius 3 is 3.00 bits per heavy atom. The number of nitrogens with one attached hydrogen (secondary N) is 2. The zero-order valence-electron chi connectivity index (χ0n) is 9.23. The predicted octanol–water partition coefficient (Wildman–Crippen LogP) is 1.22. The van der Waals surface area contributed by atoms with E-state index in [9.17, 15) is 5.11 Å². The Hall–Kier alpha value is -1.36. The van der Waals surface area contributed by atoms with Crippen molar-refractivity contribution in [3.05, 3.63) is 36.0 Å². The third-order valence-electron chi connectivity index (χ3n) is 2.65. The van der Waals surface area contributed by atoms with Crippen LogP contribution in [-0.4, -0.2) is 29.8 Å². The van der Waals surface area contributed by atoms with Crippen molar-refractivity contribution < 1.29 is 9.94 Å². The Bertz CT molecular complexity index is 453. The number of hydrogen-bond acceptors (Lipinski definition) is 3. The fraction of sp³-hybridized carbons (Fsp3) is 0.333. The van der Waals surface area contributed by atoms with Crippen molar-refractivity contribution in [3.8, 4) is 0 Å². The molecule has 0 aliphatic heterocycles. The molecule has 1 aromatic carbocycles. The monoisotopic (exact) mass is 220 g/mol. The van der Waals surface area contributed by atoms with E-state index in [1.54, 1.807) is 7.11 Å². The molecule has 3 N–H and O–H groups in total. The van der Waals surface area contributed by atoms with Gasteiger partial charge >= 0.3 is 0 Å². The van der Waals surface area contributed by atoms with Gasteiger partial charge in [0.1, 0.15) is 0 Å². The van der Waals surface area contributed by atoms with Gasteiger partial charge in [-0.3, -0.25) is 0 Å². The maximum Gasteiger partial charge on any atom is 0.0610 e. The summed E-state index contributed by atoms with van der Waals surface area (Å²) in [4.78, 5) is 8.04. The minimum atomic E-state index is -0.0794. The normalized spacial score (nSPS) is 13.1. The average Bonchev–Trinajstić information content (AvgIpc) is 2.72. The Kier molecular flexibility index (Phi) is 3.56. The number of aliphatic hydroxyl groups is 1. The van der Waals surface area contributed by atoms with Gasteiger partial charge in [-0.1, -0.05) is 18.2 Å². The molecule has 0 aliphatic carbocycles. The highest BCUT2D eigenvalue weighted by molar-refractivity contribution is 5.83. The second kappa shape index (κ2) is 5.12. The third-order valence-corrected chi connectivity index (χ3v) is 2.65. The lowest BCUT2D eigenvalue weighted by atomic mass is 10.1. The number of H-pyrrole nitrogens is 1. The van der Waals surface area contributed by atoms with Gasteiger partial charge in [0, 0.05) is 17.1 Å². The first-order chi connectivity index (χ1) is 7.85. The molecule has 2 rings (SSSR count). The highest BCUT2D eigenvalue weighted by atomic mass is 16.6. The van der Waals surface area contributed by atoms with Crippen molar-refractivity contribution in [2.75, 3.05) is 13.7 Å². The summed E-state index contributed by atoms with van der Waals surface area (Å²) in [5.41, 5.74) is 5.07. The summed E-state index contributed by atoms with van der Waals surface area (Å²) in [5, 5.41) is 10.4.